The lowest BCUT2D eigenvalue weighted by Gasteiger charge is -2.36. The number of carbonyl (C=O) groups excluding carboxylic acids is 1. The zero-order chi connectivity index (χ0) is 14.6. The monoisotopic (exact) mass is 272 g/mol. The van der Waals surface area contributed by atoms with Crippen LogP contribution in [0, 0.1) is 12.5 Å². The molecule has 0 aromatic heterocycles. The van der Waals surface area contributed by atoms with Crippen LogP contribution in [0.3, 0.4) is 0 Å². The van der Waals surface area contributed by atoms with Gasteiger partial charge in [-0.3, -0.25) is 0 Å². The number of nitrogens with zero attached hydrogens (tertiary/aromatic N) is 1. The first-order chi connectivity index (χ1) is 9.53. The average molecular weight is 272 g/mol. The molecule has 0 atom stereocenters. The van der Waals surface area contributed by atoms with E-state index in [-0.39, 0.29) is 5.97 Å². The molecular weight excluding hydrogens is 252 g/mol. The van der Waals surface area contributed by atoms with Crippen molar-refractivity contribution in [2.24, 2.45) is 5.92 Å². The van der Waals surface area contributed by atoms with Crippen LogP contribution >= 0.6 is 0 Å². The number of nitrogens with one attached hydrogen (secondary N) is 1. The molecule has 1 aromatic rings. The van der Waals surface area contributed by atoms with Gasteiger partial charge in [-0.15, -0.1) is 0 Å². The summed E-state index contributed by atoms with van der Waals surface area (Å²) in [6.07, 6.45) is 2.03. The summed E-state index contributed by atoms with van der Waals surface area (Å²) < 4.78 is 5.69. The Morgan fingerprint density at radius 3 is 2.75 bits per heavy atom. The standard InChI is InChI=1S/C16H20N2O2/c1-16(2,13-7-9-18-10-8-13)20-15(19)12-5-4-6-14(11-12)17-3/h4-6,11,13,18H,7-10H2,1-2H3. The molecule has 4 heteroatoms. The maximum absolute atomic E-state index is 12.2. The Labute approximate surface area is 120 Å². The molecule has 0 spiro atoms. The quantitative estimate of drug-likeness (QED) is 0.679. The molecule has 4 nitrogen and oxygen atoms in total. The molecule has 0 saturated carbocycles. The number of piperidine rings is 1. The van der Waals surface area contributed by atoms with Gasteiger partial charge in [-0.05, 0) is 45.8 Å². The number of esters is 1. The van der Waals surface area contributed by atoms with Crippen LogP contribution in [0.2, 0.25) is 0 Å². The highest BCUT2D eigenvalue weighted by molar-refractivity contribution is 5.90. The largest absolute Gasteiger partial charge is 0.456 e. The second kappa shape index (κ2) is 6.06. The molecule has 1 aliphatic heterocycles. The van der Waals surface area contributed by atoms with Crippen LogP contribution in [0.5, 0.6) is 0 Å². The van der Waals surface area contributed by atoms with Gasteiger partial charge in [0.15, 0.2) is 5.69 Å². The first-order valence-corrected chi connectivity index (χ1v) is 6.94. The van der Waals surface area contributed by atoms with Crippen molar-refractivity contribution in [3.05, 3.63) is 41.2 Å². The number of hydrogen-bond donors (Lipinski definition) is 1. The summed E-state index contributed by atoms with van der Waals surface area (Å²) in [7, 11) is 0. The van der Waals surface area contributed by atoms with Gasteiger partial charge in [0.25, 0.3) is 0 Å². The van der Waals surface area contributed by atoms with E-state index in [1.165, 1.54) is 0 Å². The Hall–Kier alpha value is -1.86. The van der Waals surface area contributed by atoms with Crippen molar-refractivity contribution in [1.82, 2.24) is 5.32 Å². The van der Waals surface area contributed by atoms with Crippen LogP contribution in [-0.4, -0.2) is 24.7 Å². The molecule has 1 aliphatic rings. The molecule has 1 aromatic carbocycles. The van der Waals surface area contributed by atoms with E-state index in [9.17, 15) is 4.79 Å². The lowest BCUT2D eigenvalue weighted by Crippen LogP contribution is -2.42. The van der Waals surface area contributed by atoms with Crippen LogP contribution in [0.1, 0.15) is 37.0 Å². The van der Waals surface area contributed by atoms with Gasteiger partial charge in [0.05, 0.1) is 6.57 Å². The molecule has 0 radical (unpaired) electrons. The Bertz CT molecular complexity index is 526. The lowest BCUT2D eigenvalue weighted by atomic mass is 9.83. The molecule has 1 fully saturated rings. The van der Waals surface area contributed by atoms with E-state index in [1.807, 2.05) is 13.8 Å². The zero-order valence-electron chi connectivity index (χ0n) is 12.0. The molecular formula is C16H20N2O2. The summed E-state index contributed by atoms with van der Waals surface area (Å²) in [6, 6.07) is 6.66. The fourth-order valence-corrected chi connectivity index (χ4v) is 2.60. The highest BCUT2D eigenvalue weighted by Gasteiger charge is 2.34. The topological polar surface area (TPSA) is 42.7 Å². The van der Waals surface area contributed by atoms with Gasteiger partial charge in [-0.2, -0.15) is 0 Å². The van der Waals surface area contributed by atoms with Gasteiger partial charge < -0.3 is 10.1 Å². The second-order valence-electron chi connectivity index (χ2n) is 5.68. The van der Waals surface area contributed by atoms with E-state index in [1.54, 1.807) is 24.3 Å². The summed E-state index contributed by atoms with van der Waals surface area (Å²) >= 11 is 0. The molecule has 1 N–H and O–H groups in total. The van der Waals surface area contributed by atoms with Crippen LogP contribution in [0.25, 0.3) is 4.85 Å². The molecule has 0 unspecified atom stereocenters. The van der Waals surface area contributed by atoms with Crippen molar-refractivity contribution in [3.63, 3.8) is 0 Å². The molecule has 0 bridgehead atoms. The minimum Gasteiger partial charge on any atom is -0.456 e. The fourth-order valence-electron chi connectivity index (χ4n) is 2.60. The minimum atomic E-state index is -0.479. The number of carbonyl (C=O) groups is 1. The van der Waals surface area contributed by atoms with Crippen molar-refractivity contribution in [3.8, 4) is 0 Å². The van der Waals surface area contributed by atoms with Crippen molar-refractivity contribution < 1.29 is 9.53 Å². The summed E-state index contributed by atoms with van der Waals surface area (Å²) in [4.78, 5) is 15.6. The van der Waals surface area contributed by atoms with E-state index in [0.717, 1.165) is 25.9 Å². The normalized spacial score (nSPS) is 16.4. The Kier molecular flexibility index (Phi) is 4.41. The van der Waals surface area contributed by atoms with Gasteiger partial charge in [0, 0.05) is 11.5 Å². The van der Waals surface area contributed by atoms with E-state index in [2.05, 4.69) is 10.2 Å². The van der Waals surface area contributed by atoms with E-state index >= 15 is 0 Å². The Morgan fingerprint density at radius 2 is 2.10 bits per heavy atom. The SMILES string of the molecule is [C-]#[N+]c1cccc(C(=O)OC(C)(C)C2CCNCC2)c1. The number of rotatable bonds is 3. The van der Waals surface area contributed by atoms with E-state index in [4.69, 9.17) is 11.3 Å². The first kappa shape index (κ1) is 14.5. The molecule has 0 amide bonds. The maximum atomic E-state index is 12.2. The summed E-state index contributed by atoms with van der Waals surface area (Å²) in [5, 5.41) is 3.31. The number of ether oxygens (including phenoxy) is 1. The van der Waals surface area contributed by atoms with E-state index in [0.29, 0.717) is 17.2 Å². The van der Waals surface area contributed by atoms with Crippen molar-refractivity contribution in [1.29, 1.82) is 0 Å². The second-order valence-corrected chi connectivity index (χ2v) is 5.68. The van der Waals surface area contributed by atoms with Crippen molar-refractivity contribution in [2.75, 3.05) is 13.1 Å². The highest BCUT2D eigenvalue weighted by atomic mass is 16.6. The third-order valence-corrected chi connectivity index (χ3v) is 3.89. The van der Waals surface area contributed by atoms with Crippen molar-refractivity contribution in [2.45, 2.75) is 32.3 Å². The molecule has 106 valence electrons. The fraction of sp³-hybridized carbons (Fsp3) is 0.500. The summed E-state index contributed by atoms with van der Waals surface area (Å²) in [6.45, 7) is 12.9. The zero-order valence-corrected chi connectivity index (χ0v) is 12.0. The third kappa shape index (κ3) is 3.37. The molecule has 20 heavy (non-hydrogen) atoms. The van der Waals surface area contributed by atoms with Gasteiger partial charge >= 0.3 is 5.97 Å². The molecule has 1 heterocycles. The Morgan fingerprint density at radius 1 is 1.40 bits per heavy atom. The molecule has 1 saturated heterocycles. The van der Waals surface area contributed by atoms with Crippen LogP contribution in [0.4, 0.5) is 5.69 Å². The number of hydrogen-bond acceptors (Lipinski definition) is 3. The van der Waals surface area contributed by atoms with Gasteiger partial charge in [0.1, 0.15) is 5.60 Å². The predicted molar refractivity (Wildman–Crippen MR) is 77.8 cm³/mol. The average Bonchev–Trinajstić information content (AvgIpc) is 2.48. The van der Waals surface area contributed by atoms with E-state index < -0.39 is 5.60 Å². The van der Waals surface area contributed by atoms with Gasteiger partial charge in [-0.1, -0.05) is 18.2 Å². The maximum Gasteiger partial charge on any atom is 0.337 e. The van der Waals surface area contributed by atoms with Crippen LogP contribution < -0.4 is 5.32 Å². The van der Waals surface area contributed by atoms with Crippen LogP contribution in [0.15, 0.2) is 24.3 Å². The first-order valence-electron chi connectivity index (χ1n) is 6.94. The van der Waals surface area contributed by atoms with Gasteiger partial charge in [-0.25, -0.2) is 9.64 Å². The lowest BCUT2D eigenvalue weighted by molar-refractivity contribution is -0.0368. The Balaban J connectivity index is 2.07. The highest BCUT2D eigenvalue weighted by Crippen LogP contribution is 2.30. The molecule has 2 rings (SSSR count). The number of benzene rings is 1. The smallest absolute Gasteiger partial charge is 0.337 e. The summed E-state index contributed by atoms with van der Waals surface area (Å²) in [5.74, 6) is 0.0239. The third-order valence-electron chi connectivity index (χ3n) is 3.89. The van der Waals surface area contributed by atoms with Crippen molar-refractivity contribution >= 4 is 11.7 Å². The van der Waals surface area contributed by atoms with Crippen LogP contribution in [-0.2, 0) is 4.74 Å². The molecule has 0 aliphatic carbocycles. The van der Waals surface area contributed by atoms with Gasteiger partial charge in [0.2, 0.25) is 0 Å². The minimum absolute atomic E-state index is 0.348. The predicted octanol–water partition coefficient (Wildman–Crippen LogP) is 3.17. The summed E-state index contributed by atoms with van der Waals surface area (Å²) in [5.41, 5.74) is 0.424.